The zero-order chi connectivity index (χ0) is 18.2. The molecule has 6 heteroatoms. The van der Waals surface area contributed by atoms with Crippen LogP contribution >= 0.6 is 11.8 Å². The Labute approximate surface area is 160 Å². The van der Waals surface area contributed by atoms with Crippen LogP contribution in [0.4, 0.5) is 0 Å². The largest absolute Gasteiger partial charge is 0.494 e. The molecule has 0 saturated carbocycles. The van der Waals surface area contributed by atoms with E-state index in [-0.39, 0.29) is 11.4 Å². The minimum atomic E-state index is -0.00496. The molecule has 0 aliphatic carbocycles. The smallest absolute Gasteiger partial charge is 0.251 e. The Hall–Kier alpha value is -1.24. The summed E-state index contributed by atoms with van der Waals surface area (Å²) in [6, 6.07) is 7.46. The normalized spacial score (nSPS) is 23.7. The lowest BCUT2D eigenvalue weighted by atomic mass is 9.95. The van der Waals surface area contributed by atoms with Crippen LogP contribution in [-0.2, 0) is 4.74 Å². The maximum atomic E-state index is 12.6. The van der Waals surface area contributed by atoms with Crippen LogP contribution in [0.15, 0.2) is 24.3 Å². The number of hydrogen-bond acceptors (Lipinski definition) is 5. The summed E-state index contributed by atoms with van der Waals surface area (Å²) in [7, 11) is 0. The Morgan fingerprint density at radius 3 is 2.73 bits per heavy atom. The fourth-order valence-corrected chi connectivity index (χ4v) is 5.00. The van der Waals surface area contributed by atoms with Gasteiger partial charge >= 0.3 is 0 Å². The third-order valence-corrected chi connectivity index (χ3v) is 6.46. The summed E-state index contributed by atoms with van der Waals surface area (Å²) >= 11 is 1.98. The van der Waals surface area contributed by atoms with Gasteiger partial charge in [0.2, 0.25) is 0 Å². The third kappa shape index (κ3) is 4.93. The van der Waals surface area contributed by atoms with Crippen LogP contribution in [0.3, 0.4) is 0 Å². The van der Waals surface area contributed by atoms with Gasteiger partial charge in [-0.1, -0.05) is 13.3 Å². The van der Waals surface area contributed by atoms with Crippen molar-refractivity contribution in [1.82, 2.24) is 10.2 Å². The van der Waals surface area contributed by atoms with E-state index in [1.807, 2.05) is 36.0 Å². The highest BCUT2D eigenvalue weighted by atomic mass is 32.2. The first-order valence-corrected chi connectivity index (χ1v) is 10.8. The van der Waals surface area contributed by atoms with Gasteiger partial charge < -0.3 is 14.8 Å². The lowest BCUT2D eigenvalue weighted by Gasteiger charge is -2.43. The van der Waals surface area contributed by atoms with E-state index in [9.17, 15) is 4.79 Å². The van der Waals surface area contributed by atoms with E-state index in [0.29, 0.717) is 12.1 Å². The molecule has 144 valence electrons. The van der Waals surface area contributed by atoms with Crippen molar-refractivity contribution < 1.29 is 14.3 Å². The highest BCUT2D eigenvalue weighted by Crippen LogP contribution is 2.33. The maximum Gasteiger partial charge on any atom is 0.251 e. The topological polar surface area (TPSA) is 50.8 Å². The first kappa shape index (κ1) is 19.5. The molecule has 1 atom stereocenters. The Morgan fingerprint density at radius 1 is 1.31 bits per heavy atom. The average Bonchev–Trinajstić information content (AvgIpc) is 3.18. The van der Waals surface area contributed by atoms with Gasteiger partial charge in [0, 0.05) is 36.5 Å². The molecule has 0 radical (unpaired) electrons. The van der Waals surface area contributed by atoms with Gasteiger partial charge in [0.25, 0.3) is 5.91 Å². The number of nitrogens with one attached hydrogen (secondary N) is 1. The first-order chi connectivity index (χ1) is 12.7. The molecule has 1 unspecified atom stereocenters. The van der Waals surface area contributed by atoms with Crippen LogP contribution in [0, 0.1) is 0 Å². The maximum absolute atomic E-state index is 12.6. The lowest BCUT2D eigenvalue weighted by molar-refractivity contribution is -0.0129. The third-order valence-electron chi connectivity index (χ3n) is 5.23. The number of morpholine rings is 1. The molecule has 2 heterocycles. The molecule has 1 N–H and O–H groups in total. The fourth-order valence-electron chi connectivity index (χ4n) is 3.52. The van der Waals surface area contributed by atoms with Crippen LogP contribution < -0.4 is 10.1 Å². The van der Waals surface area contributed by atoms with E-state index in [4.69, 9.17) is 9.47 Å². The summed E-state index contributed by atoms with van der Waals surface area (Å²) < 4.78 is 11.2. The molecule has 2 aliphatic rings. The van der Waals surface area contributed by atoms with Crippen molar-refractivity contribution >= 4 is 17.7 Å². The molecule has 2 fully saturated rings. The zero-order valence-electron chi connectivity index (χ0n) is 15.7. The summed E-state index contributed by atoms with van der Waals surface area (Å²) in [5.41, 5.74) is 0.767. The lowest BCUT2D eigenvalue weighted by Crippen LogP contribution is -2.59. The van der Waals surface area contributed by atoms with Gasteiger partial charge in [-0.25, -0.2) is 0 Å². The predicted octanol–water partition coefficient (Wildman–Crippen LogP) is 2.80. The summed E-state index contributed by atoms with van der Waals surface area (Å²) in [5.74, 6) is 3.07. The minimum Gasteiger partial charge on any atom is -0.494 e. The van der Waals surface area contributed by atoms with Gasteiger partial charge in [-0.3, -0.25) is 9.69 Å². The molecule has 5 nitrogen and oxygen atoms in total. The van der Waals surface area contributed by atoms with Gasteiger partial charge in [0.15, 0.2) is 0 Å². The van der Waals surface area contributed by atoms with E-state index in [2.05, 4.69) is 17.1 Å². The number of amides is 1. The molecule has 0 spiro atoms. The number of benzene rings is 1. The Balaban J connectivity index is 1.55. The molecule has 0 bridgehead atoms. The Bertz CT molecular complexity index is 567. The van der Waals surface area contributed by atoms with E-state index in [0.717, 1.165) is 69.4 Å². The van der Waals surface area contributed by atoms with Gasteiger partial charge in [-0.15, -0.1) is 0 Å². The van der Waals surface area contributed by atoms with E-state index in [1.165, 1.54) is 0 Å². The standard InChI is InChI=1S/C20H30N2O3S/c1-2-3-11-25-18-6-4-17(5-7-18)19(23)21-15-20(8-14-26-16-20)22-9-12-24-13-10-22/h4-7H,2-3,8-16H2,1H3,(H,21,23). The second kappa shape index (κ2) is 9.62. The van der Waals surface area contributed by atoms with Crippen molar-refractivity contribution in [3.63, 3.8) is 0 Å². The van der Waals surface area contributed by atoms with Gasteiger partial charge in [-0.05, 0) is 42.9 Å². The van der Waals surface area contributed by atoms with Crippen molar-refractivity contribution in [2.24, 2.45) is 0 Å². The fraction of sp³-hybridized carbons (Fsp3) is 0.650. The summed E-state index contributed by atoms with van der Waals surface area (Å²) in [6.07, 6.45) is 3.29. The van der Waals surface area contributed by atoms with Crippen LogP contribution in [0.1, 0.15) is 36.5 Å². The quantitative estimate of drug-likeness (QED) is 0.705. The molecule has 2 saturated heterocycles. The molecule has 26 heavy (non-hydrogen) atoms. The molecular formula is C20H30N2O3S. The number of ether oxygens (including phenoxy) is 2. The van der Waals surface area contributed by atoms with E-state index in [1.54, 1.807) is 0 Å². The molecule has 1 aromatic rings. The molecule has 0 aromatic heterocycles. The van der Waals surface area contributed by atoms with Gasteiger partial charge in [0.05, 0.1) is 19.8 Å². The molecule has 2 aliphatic heterocycles. The van der Waals surface area contributed by atoms with Crippen LogP contribution in [0.2, 0.25) is 0 Å². The SMILES string of the molecule is CCCCOc1ccc(C(=O)NCC2(N3CCOCC3)CCSC2)cc1. The molecule has 3 rings (SSSR count). The number of rotatable bonds is 8. The molecular weight excluding hydrogens is 348 g/mol. The zero-order valence-corrected chi connectivity index (χ0v) is 16.5. The van der Waals surface area contributed by atoms with Crippen molar-refractivity contribution in [3.8, 4) is 5.75 Å². The highest BCUT2D eigenvalue weighted by molar-refractivity contribution is 7.99. The van der Waals surface area contributed by atoms with Crippen molar-refractivity contribution in [1.29, 1.82) is 0 Å². The average molecular weight is 379 g/mol. The second-order valence-electron chi connectivity index (χ2n) is 7.04. The molecule has 1 amide bonds. The predicted molar refractivity (Wildman–Crippen MR) is 106 cm³/mol. The highest BCUT2D eigenvalue weighted by Gasteiger charge is 2.40. The second-order valence-corrected chi connectivity index (χ2v) is 8.14. The van der Waals surface area contributed by atoms with E-state index >= 15 is 0 Å². The van der Waals surface area contributed by atoms with E-state index < -0.39 is 0 Å². The summed E-state index contributed by atoms with van der Waals surface area (Å²) in [4.78, 5) is 15.1. The van der Waals surface area contributed by atoms with Crippen molar-refractivity contribution in [2.45, 2.75) is 31.7 Å². The van der Waals surface area contributed by atoms with Gasteiger partial charge in [-0.2, -0.15) is 11.8 Å². The van der Waals surface area contributed by atoms with Crippen molar-refractivity contribution in [2.75, 3.05) is 51.0 Å². The molecule has 1 aromatic carbocycles. The number of carbonyl (C=O) groups is 1. The van der Waals surface area contributed by atoms with Crippen LogP contribution in [0.25, 0.3) is 0 Å². The summed E-state index contributed by atoms with van der Waals surface area (Å²) in [6.45, 7) is 7.07. The monoisotopic (exact) mass is 378 g/mol. The number of thioether (sulfide) groups is 1. The summed E-state index contributed by atoms with van der Waals surface area (Å²) in [5, 5.41) is 3.18. The Kier molecular flexibility index (Phi) is 7.23. The van der Waals surface area contributed by atoms with Crippen LogP contribution in [0.5, 0.6) is 5.75 Å². The Morgan fingerprint density at radius 2 is 2.08 bits per heavy atom. The minimum absolute atomic E-state index is 0.00496. The number of nitrogens with zero attached hydrogens (tertiary/aromatic N) is 1. The van der Waals surface area contributed by atoms with Crippen molar-refractivity contribution in [3.05, 3.63) is 29.8 Å². The van der Waals surface area contributed by atoms with Gasteiger partial charge in [0.1, 0.15) is 5.75 Å². The van der Waals surface area contributed by atoms with Crippen LogP contribution in [-0.4, -0.2) is 67.3 Å². The first-order valence-electron chi connectivity index (χ1n) is 9.65. The number of carbonyl (C=O) groups excluding carboxylic acids is 1. The number of unbranched alkanes of at least 4 members (excludes halogenated alkanes) is 1. The number of hydrogen-bond donors (Lipinski definition) is 1.